The normalized spacial score (nSPS) is 14.4. The smallest absolute Gasteiger partial charge is 0.282 e. The van der Waals surface area contributed by atoms with Crippen molar-refractivity contribution < 1.29 is 23.8 Å². The molecule has 3 aromatic carbocycles. The fraction of sp³-hybridized carbons (Fsp3) is 0.120. The zero-order valence-electron chi connectivity index (χ0n) is 18.3. The summed E-state index contributed by atoms with van der Waals surface area (Å²) in [6.07, 6.45) is 1.48. The molecule has 34 heavy (non-hydrogen) atoms. The number of nitrogens with zero attached hydrogens (tertiary/aromatic N) is 1. The van der Waals surface area contributed by atoms with E-state index < -0.39 is 11.8 Å². The molecule has 7 nitrogen and oxygen atoms in total. The highest BCUT2D eigenvalue weighted by Crippen LogP contribution is 2.40. The van der Waals surface area contributed by atoms with Crippen molar-refractivity contribution in [3.8, 4) is 17.2 Å². The third kappa shape index (κ3) is 4.81. The van der Waals surface area contributed by atoms with Crippen LogP contribution in [0.3, 0.4) is 0 Å². The van der Waals surface area contributed by atoms with Crippen LogP contribution in [0.5, 0.6) is 17.2 Å². The van der Waals surface area contributed by atoms with E-state index in [0.29, 0.717) is 38.5 Å². The maximum atomic E-state index is 12.9. The van der Waals surface area contributed by atoms with Crippen molar-refractivity contribution in [3.05, 3.63) is 87.4 Å². The number of hydrogen-bond donors (Lipinski definition) is 1. The third-order valence-corrected chi connectivity index (χ3v) is 5.81. The second-order valence-electron chi connectivity index (χ2n) is 7.27. The summed E-state index contributed by atoms with van der Waals surface area (Å²) >= 11 is 12.1. The number of carbonyl (C=O) groups excluding carboxylic acids is 2. The van der Waals surface area contributed by atoms with Crippen LogP contribution in [0.15, 0.2) is 66.2 Å². The van der Waals surface area contributed by atoms with Crippen LogP contribution in [-0.2, 0) is 16.2 Å². The minimum atomic E-state index is -0.508. The van der Waals surface area contributed by atoms with Gasteiger partial charge in [0.2, 0.25) is 5.75 Å². The molecule has 0 spiro atoms. The molecule has 4 rings (SSSR count). The van der Waals surface area contributed by atoms with E-state index in [-0.39, 0.29) is 12.2 Å². The van der Waals surface area contributed by atoms with Crippen LogP contribution in [0, 0.1) is 0 Å². The molecular formula is C25H20Cl2N2O5. The highest BCUT2D eigenvalue weighted by Gasteiger charge is 2.34. The molecule has 0 aromatic heterocycles. The van der Waals surface area contributed by atoms with Crippen molar-refractivity contribution in [2.24, 2.45) is 0 Å². The summed E-state index contributed by atoms with van der Waals surface area (Å²) in [5.74, 6) is 0.140. The molecular weight excluding hydrogens is 479 g/mol. The second kappa shape index (κ2) is 10.1. The lowest BCUT2D eigenvalue weighted by Crippen LogP contribution is -2.35. The van der Waals surface area contributed by atoms with Crippen LogP contribution < -0.4 is 24.6 Å². The Balaban J connectivity index is 1.62. The van der Waals surface area contributed by atoms with Gasteiger partial charge in [0.1, 0.15) is 12.2 Å². The van der Waals surface area contributed by atoms with Crippen molar-refractivity contribution in [1.82, 2.24) is 5.43 Å². The first kappa shape index (κ1) is 23.5. The van der Waals surface area contributed by atoms with Crippen LogP contribution in [0.2, 0.25) is 10.0 Å². The molecule has 1 aliphatic rings. The van der Waals surface area contributed by atoms with E-state index in [1.165, 1.54) is 25.3 Å². The number of carbonyl (C=O) groups is 2. The standard InChI is InChI=1S/C25H20Cl2N2O5/c1-32-21-12-16(10-18-24(30)28-29(25(18)31)17-6-4-3-5-7-17)13-22(33-2)23(21)34-14-15-8-9-19(26)20(27)11-15/h3-13H,14H2,1-2H3,(H,28,30)/b18-10-. The molecule has 2 amide bonds. The number of anilines is 1. The van der Waals surface area contributed by atoms with Crippen LogP contribution >= 0.6 is 23.2 Å². The Morgan fingerprint density at radius 1 is 0.912 bits per heavy atom. The Morgan fingerprint density at radius 2 is 1.59 bits per heavy atom. The summed E-state index contributed by atoms with van der Waals surface area (Å²) in [6.45, 7) is 0.191. The van der Waals surface area contributed by atoms with Gasteiger partial charge in [0.05, 0.1) is 30.0 Å². The maximum absolute atomic E-state index is 12.9. The van der Waals surface area contributed by atoms with Gasteiger partial charge in [-0.1, -0.05) is 47.5 Å². The van der Waals surface area contributed by atoms with Crippen LogP contribution in [0.1, 0.15) is 11.1 Å². The van der Waals surface area contributed by atoms with Gasteiger partial charge in [-0.05, 0) is 53.6 Å². The summed E-state index contributed by atoms with van der Waals surface area (Å²) < 4.78 is 16.9. The van der Waals surface area contributed by atoms with Gasteiger partial charge >= 0.3 is 0 Å². The van der Waals surface area contributed by atoms with E-state index in [4.69, 9.17) is 37.4 Å². The van der Waals surface area contributed by atoms with Gasteiger partial charge < -0.3 is 14.2 Å². The number of nitrogens with one attached hydrogen (secondary N) is 1. The fourth-order valence-electron chi connectivity index (χ4n) is 3.39. The van der Waals surface area contributed by atoms with E-state index in [0.717, 1.165) is 5.56 Å². The summed E-state index contributed by atoms with van der Waals surface area (Å²) in [6, 6.07) is 17.4. The molecule has 0 saturated carbocycles. The molecule has 0 atom stereocenters. The molecule has 9 heteroatoms. The van der Waals surface area contributed by atoms with Crippen LogP contribution in [-0.4, -0.2) is 26.0 Å². The second-order valence-corrected chi connectivity index (χ2v) is 8.08. The maximum Gasteiger partial charge on any atom is 0.282 e. The Labute approximate surface area is 206 Å². The van der Waals surface area contributed by atoms with Gasteiger partial charge in [-0.3, -0.25) is 15.0 Å². The van der Waals surface area contributed by atoms with E-state index in [9.17, 15) is 9.59 Å². The zero-order chi connectivity index (χ0) is 24.2. The lowest BCUT2D eigenvalue weighted by atomic mass is 10.1. The SMILES string of the molecule is COc1cc(/C=C2/C(=O)NN(c3ccccc3)C2=O)cc(OC)c1OCc1ccc(Cl)c(Cl)c1. The topological polar surface area (TPSA) is 77.1 Å². The Hall–Kier alpha value is -3.68. The molecule has 1 N–H and O–H groups in total. The Bertz CT molecular complexity index is 1250. The summed E-state index contributed by atoms with van der Waals surface area (Å²) in [7, 11) is 2.98. The van der Waals surface area contributed by atoms with Gasteiger partial charge in [0.25, 0.3) is 11.8 Å². The lowest BCUT2D eigenvalue weighted by Gasteiger charge is -2.16. The van der Waals surface area contributed by atoms with Crippen LogP contribution in [0.4, 0.5) is 5.69 Å². The number of rotatable bonds is 7. The highest BCUT2D eigenvalue weighted by molar-refractivity contribution is 6.42. The number of benzene rings is 3. The van der Waals surface area contributed by atoms with Gasteiger partial charge in [0, 0.05) is 0 Å². The first-order valence-electron chi connectivity index (χ1n) is 10.2. The van der Waals surface area contributed by atoms with Gasteiger partial charge in [-0.2, -0.15) is 0 Å². The third-order valence-electron chi connectivity index (χ3n) is 5.07. The van der Waals surface area contributed by atoms with Gasteiger partial charge in [0.15, 0.2) is 11.5 Å². The molecule has 0 aliphatic carbocycles. The predicted molar refractivity (Wildman–Crippen MR) is 130 cm³/mol. The number of para-hydroxylation sites is 1. The average molecular weight is 499 g/mol. The number of hydrazine groups is 1. The first-order valence-corrected chi connectivity index (χ1v) is 10.9. The van der Waals surface area contributed by atoms with Crippen LogP contribution in [0.25, 0.3) is 6.08 Å². The van der Waals surface area contributed by atoms with Crippen molar-refractivity contribution in [2.45, 2.75) is 6.61 Å². The number of methoxy groups -OCH3 is 2. The molecule has 0 radical (unpaired) electrons. The number of halogens is 2. The van der Waals surface area contributed by atoms with E-state index in [2.05, 4.69) is 5.43 Å². The van der Waals surface area contributed by atoms with Crippen molar-refractivity contribution in [1.29, 1.82) is 0 Å². The molecule has 1 heterocycles. The van der Waals surface area contributed by atoms with Crippen molar-refractivity contribution in [2.75, 3.05) is 19.2 Å². The zero-order valence-corrected chi connectivity index (χ0v) is 19.8. The van der Waals surface area contributed by atoms with Crippen molar-refractivity contribution in [3.63, 3.8) is 0 Å². The fourth-order valence-corrected chi connectivity index (χ4v) is 3.71. The summed E-state index contributed by atoms with van der Waals surface area (Å²) in [5, 5.41) is 2.08. The minimum Gasteiger partial charge on any atom is -0.493 e. The minimum absolute atomic E-state index is 0.0163. The average Bonchev–Trinajstić information content (AvgIpc) is 3.13. The largest absolute Gasteiger partial charge is 0.493 e. The van der Waals surface area contributed by atoms with E-state index in [1.807, 2.05) is 6.07 Å². The number of hydrogen-bond acceptors (Lipinski definition) is 5. The molecule has 0 unspecified atom stereocenters. The monoisotopic (exact) mass is 498 g/mol. The van der Waals surface area contributed by atoms with E-state index in [1.54, 1.807) is 54.6 Å². The molecule has 1 saturated heterocycles. The number of ether oxygens (including phenoxy) is 3. The molecule has 1 fully saturated rings. The highest BCUT2D eigenvalue weighted by atomic mass is 35.5. The van der Waals surface area contributed by atoms with E-state index >= 15 is 0 Å². The lowest BCUT2D eigenvalue weighted by molar-refractivity contribution is -0.117. The Kier molecular flexibility index (Phi) is 6.95. The molecule has 174 valence electrons. The summed E-state index contributed by atoms with van der Waals surface area (Å²) in [5.41, 5.74) is 4.46. The number of amides is 2. The summed E-state index contributed by atoms with van der Waals surface area (Å²) in [4.78, 5) is 25.4. The molecule has 3 aromatic rings. The first-order chi connectivity index (χ1) is 16.4. The van der Waals surface area contributed by atoms with Gasteiger partial charge in [-0.15, -0.1) is 0 Å². The molecule has 1 aliphatic heterocycles. The van der Waals surface area contributed by atoms with Gasteiger partial charge in [-0.25, -0.2) is 5.01 Å². The molecule has 0 bridgehead atoms. The van der Waals surface area contributed by atoms with Crippen molar-refractivity contribution >= 4 is 46.8 Å². The predicted octanol–water partition coefficient (Wildman–Crippen LogP) is 5.05. The quantitative estimate of drug-likeness (QED) is 0.364. The Morgan fingerprint density at radius 3 is 2.21 bits per heavy atom.